The van der Waals surface area contributed by atoms with Gasteiger partial charge in [0.05, 0.1) is 10.9 Å². The Morgan fingerprint density at radius 1 is 0.828 bits per heavy atom. The summed E-state index contributed by atoms with van der Waals surface area (Å²) in [5, 5.41) is 19.0. The first-order valence-corrected chi connectivity index (χ1v) is 9.42. The van der Waals surface area contributed by atoms with Crippen LogP contribution < -0.4 is 5.56 Å². The zero-order chi connectivity index (χ0) is 19.8. The van der Waals surface area contributed by atoms with Crippen molar-refractivity contribution in [2.75, 3.05) is 0 Å². The molecule has 0 amide bonds. The number of phenolic OH excluding ortho intramolecular Hbond substituents is 1. The average Bonchev–Trinajstić information content (AvgIpc) is 3.20. The Hall–Kier alpha value is -3.93. The van der Waals surface area contributed by atoms with Crippen LogP contribution in [0.15, 0.2) is 83.7 Å². The van der Waals surface area contributed by atoms with Crippen molar-refractivity contribution in [1.82, 2.24) is 19.2 Å². The quantitative estimate of drug-likeness (QED) is 0.515. The Kier molecular flexibility index (Phi) is 4.09. The lowest BCUT2D eigenvalue weighted by Crippen LogP contribution is -2.24. The molecule has 0 atom stereocenters. The van der Waals surface area contributed by atoms with Crippen LogP contribution >= 0.6 is 0 Å². The van der Waals surface area contributed by atoms with Crippen LogP contribution in [-0.2, 0) is 13.0 Å². The van der Waals surface area contributed by atoms with Crippen LogP contribution in [-0.4, -0.2) is 24.3 Å². The molecule has 6 nitrogen and oxygen atoms in total. The van der Waals surface area contributed by atoms with E-state index in [-0.39, 0.29) is 11.3 Å². The number of aromatic hydroxyl groups is 1. The normalized spacial score (nSPS) is 11.3. The molecule has 29 heavy (non-hydrogen) atoms. The van der Waals surface area contributed by atoms with Gasteiger partial charge >= 0.3 is 0 Å². The predicted molar refractivity (Wildman–Crippen MR) is 112 cm³/mol. The van der Waals surface area contributed by atoms with Crippen molar-refractivity contribution in [2.45, 2.75) is 13.0 Å². The minimum atomic E-state index is -0.0753. The van der Waals surface area contributed by atoms with E-state index in [2.05, 4.69) is 22.3 Å². The minimum absolute atomic E-state index is 0.0753. The highest BCUT2D eigenvalue weighted by molar-refractivity contribution is 5.82. The van der Waals surface area contributed by atoms with Gasteiger partial charge < -0.3 is 5.11 Å². The highest BCUT2D eigenvalue weighted by Gasteiger charge is 2.17. The Labute approximate surface area is 166 Å². The Balaban J connectivity index is 1.73. The minimum Gasteiger partial charge on any atom is -0.508 e. The molecular formula is C23H18N4O2. The highest BCUT2D eigenvalue weighted by Crippen LogP contribution is 2.24. The van der Waals surface area contributed by atoms with E-state index in [9.17, 15) is 9.90 Å². The lowest BCUT2D eigenvalue weighted by molar-refractivity contribution is 0.475. The van der Waals surface area contributed by atoms with Gasteiger partial charge in [-0.3, -0.25) is 13.8 Å². The van der Waals surface area contributed by atoms with Crippen molar-refractivity contribution < 1.29 is 5.11 Å². The molecule has 142 valence electrons. The van der Waals surface area contributed by atoms with E-state index in [1.165, 1.54) is 0 Å². The smallest absolute Gasteiger partial charge is 0.262 e. The second-order valence-electron chi connectivity index (χ2n) is 6.92. The molecule has 1 N–H and O–H groups in total. The van der Waals surface area contributed by atoms with Crippen LogP contribution in [0.2, 0.25) is 0 Å². The maximum atomic E-state index is 13.2. The first kappa shape index (κ1) is 17.2. The fourth-order valence-electron chi connectivity index (χ4n) is 3.64. The van der Waals surface area contributed by atoms with Crippen molar-refractivity contribution in [3.8, 4) is 17.1 Å². The Morgan fingerprint density at radius 2 is 1.55 bits per heavy atom. The fourth-order valence-corrected chi connectivity index (χ4v) is 3.64. The standard InChI is InChI=1S/C23H18N4O2/c28-18-12-10-17(11-13-18)21-24-25-23-26(15-14-16-6-2-1-3-7-16)22(29)19-8-4-5-9-20(19)27(21)23/h1-13,28H,14-15H2. The molecular weight excluding hydrogens is 364 g/mol. The van der Waals surface area contributed by atoms with Gasteiger partial charge in [-0.05, 0) is 48.4 Å². The molecule has 3 aromatic carbocycles. The van der Waals surface area contributed by atoms with Gasteiger partial charge in [-0.2, -0.15) is 0 Å². The van der Waals surface area contributed by atoms with Crippen molar-refractivity contribution >= 4 is 16.7 Å². The predicted octanol–water partition coefficient (Wildman–Crippen LogP) is 3.66. The topological polar surface area (TPSA) is 72.4 Å². The number of nitrogens with zero attached hydrogens (tertiary/aromatic N) is 4. The summed E-state index contributed by atoms with van der Waals surface area (Å²) in [6.45, 7) is 0.505. The summed E-state index contributed by atoms with van der Waals surface area (Å²) in [6.07, 6.45) is 0.718. The van der Waals surface area contributed by atoms with E-state index < -0.39 is 0 Å². The molecule has 0 saturated carbocycles. The third-order valence-electron chi connectivity index (χ3n) is 5.10. The SMILES string of the molecule is O=c1c2ccccc2n2c(-c3ccc(O)cc3)nnc2n1CCc1ccccc1. The van der Waals surface area contributed by atoms with Crippen LogP contribution in [0.4, 0.5) is 0 Å². The van der Waals surface area contributed by atoms with Gasteiger partial charge in [0.2, 0.25) is 5.78 Å². The van der Waals surface area contributed by atoms with Gasteiger partial charge in [-0.1, -0.05) is 42.5 Å². The largest absolute Gasteiger partial charge is 0.508 e. The molecule has 0 unspecified atom stereocenters. The second-order valence-corrected chi connectivity index (χ2v) is 6.92. The summed E-state index contributed by atoms with van der Waals surface area (Å²) in [7, 11) is 0. The van der Waals surface area contributed by atoms with Gasteiger partial charge in [0, 0.05) is 12.1 Å². The number of aryl methyl sites for hydroxylation is 2. The van der Waals surface area contributed by atoms with Crippen LogP contribution in [0.25, 0.3) is 28.1 Å². The molecule has 0 aliphatic heterocycles. The summed E-state index contributed by atoms with van der Waals surface area (Å²) in [5.74, 6) is 1.32. The van der Waals surface area contributed by atoms with Crippen LogP contribution in [0, 0.1) is 0 Å². The number of aromatic nitrogens is 4. The molecule has 5 rings (SSSR count). The molecule has 2 aromatic heterocycles. The number of benzene rings is 3. The van der Waals surface area contributed by atoms with E-state index in [1.54, 1.807) is 28.8 Å². The van der Waals surface area contributed by atoms with Crippen LogP contribution in [0.3, 0.4) is 0 Å². The zero-order valence-corrected chi connectivity index (χ0v) is 15.6. The molecule has 0 saturated heterocycles. The summed E-state index contributed by atoms with van der Waals surface area (Å²) in [5.41, 5.74) is 2.66. The molecule has 6 heteroatoms. The summed E-state index contributed by atoms with van der Waals surface area (Å²) in [6, 6.07) is 24.4. The summed E-state index contributed by atoms with van der Waals surface area (Å²) in [4.78, 5) is 13.2. The fraction of sp³-hybridized carbons (Fsp3) is 0.0870. The van der Waals surface area contributed by atoms with Gasteiger partial charge in [-0.15, -0.1) is 10.2 Å². The molecule has 0 radical (unpaired) electrons. The molecule has 5 aromatic rings. The summed E-state index contributed by atoms with van der Waals surface area (Å²) >= 11 is 0. The maximum Gasteiger partial charge on any atom is 0.262 e. The summed E-state index contributed by atoms with van der Waals surface area (Å²) < 4.78 is 3.60. The first-order valence-electron chi connectivity index (χ1n) is 9.42. The van der Waals surface area contributed by atoms with Crippen molar-refractivity contribution in [3.63, 3.8) is 0 Å². The van der Waals surface area contributed by atoms with E-state index in [1.807, 2.05) is 46.9 Å². The monoisotopic (exact) mass is 382 g/mol. The van der Waals surface area contributed by atoms with Crippen molar-refractivity contribution in [2.24, 2.45) is 0 Å². The number of para-hydroxylation sites is 1. The molecule has 0 fully saturated rings. The van der Waals surface area contributed by atoms with Crippen LogP contribution in [0.1, 0.15) is 5.56 Å². The maximum absolute atomic E-state index is 13.2. The highest BCUT2D eigenvalue weighted by atomic mass is 16.3. The number of hydrogen-bond acceptors (Lipinski definition) is 4. The van der Waals surface area contributed by atoms with Crippen molar-refractivity contribution in [1.29, 1.82) is 0 Å². The number of rotatable bonds is 4. The molecule has 2 heterocycles. The van der Waals surface area contributed by atoms with Gasteiger partial charge in [0.25, 0.3) is 5.56 Å². The van der Waals surface area contributed by atoms with Gasteiger partial charge in [0.15, 0.2) is 5.82 Å². The second kappa shape index (κ2) is 6.91. The number of hydrogen-bond donors (Lipinski definition) is 1. The lowest BCUT2D eigenvalue weighted by Gasteiger charge is -2.11. The molecule has 0 bridgehead atoms. The molecule has 0 spiro atoms. The van der Waals surface area contributed by atoms with E-state index in [0.717, 1.165) is 23.1 Å². The average molecular weight is 382 g/mol. The number of phenols is 1. The van der Waals surface area contributed by atoms with Crippen molar-refractivity contribution in [3.05, 3.63) is 94.8 Å². The van der Waals surface area contributed by atoms with E-state index in [4.69, 9.17) is 0 Å². The van der Waals surface area contributed by atoms with E-state index in [0.29, 0.717) is 23.5 Å². The van der Waals surface area contributed by atoms with E-state index >= 15 is 0 Å². The Morgan fingerprint density at radius 3 is 2.34 bits per heavy atom. The van der Waals surface area contributed by atoms with Crippen LogP contribution in [0.5, 0.6) is 5.75 Å². The third-order valence-corrected chi connectivity index (χ3v) is 5.10. The van der Waals surface area contributed by atoms with Gasteiger partial charge in [0.1, 0.15) is 5.75 Å². The number of fused-ring (bicyclic) bond motifs is 3. The van der Waals surface area contributed by atoms with Gasteiger partial charge in [-0.25, -0.2) is 0 Å². The Bertz CT molecular complexity index is 1370. The first-order chi connectivity index (χ1) is 14.2. The molecule has 0 aliphatic carbocycles. The molecule has 0 aliphatic rings. The zero-order valence-electron chi connectivity index (χ0n) is 15.6. The lowest BCUT2D eigenvalue weighted by atomic mass is 10.1. The third kappa shape index (κ3) is 2.95.